The van der Waals surface area contributed by atoms with Crippen LogP contribution in [0.2, 0.25) is 0 Å². The molecule has 1 fully saturated rings. The molecule has 0 aromatic heterocycles. The van der Waals surface area contributed by atoms with Gasteiger partial charge in [0, 0.05) is 25.7 Å². The molecule has 0 saturated heterocycles. The van der Waals surface area contributed by atoms with Crippen LogP contribution in [0.15, 0.2) is 0 Å². The van der Waals surface area contributed by atoms with Gasteiger partial charge in [-0.2, -0.15) is 0 Å². The second-order valence-electron chi connectivity index (χ2n) is 5.34. The Morgan fingerprint density at radius 1 is 1.32 bits per heavy atom. The van der Waals surface area contributed by atoms with Crippen LogP contribution in [0.1, 0.15) is 46.5 Å². The van der Waals surface area contributed by atoms with Gasteiger partial charge in [-0.25, -0.2) is 4.79 Å². The molecular weight excluding hydrogens is 244 g/mol. The van der Waals surface area contributed by atoms with Crippen molar-refractivity contribution in [2.75, 3.05) is 19.6 Å². The van der Waals surface area contributed by atoms with Crippen molar-refractivity contribution < 1.29 is 14.7 Å². The Kier molecular flexibility index (Phi) is 6.12. The number of carbonyl (C=O) groups excluding carboxylic acids is 1. The summed E-state index contributed by atoms with van der Waals surface area (Å²) in [4.78, 5) is 27.0. The summed E-state index contributed by atoms with van der Waals surface area (Å²) in [6.07, 6.45) is 4.24. The van der Waals surface area contributed by atoms with E-state index in [9.17, 15) is 9.59 Å². The maximum Gasteiger partial charge on any atom is 0.320 e. The molecule has 19 heavy (non-hydrogen) atoms. The summed E-state index contributed by atoms with van der Waals surface area (Å²) in [7, 11) is 0. The third kappa shape index (κ3) is 4.73. The fraction of sp³-hybridized carbons (Fsp3) is 0.857. The molecule has 1 aliphatic carbocycles. The lowest BCUT2D eigenvalue weighted by Crippen LogP contribution is -2.47. The fourth-order valence-electron chi connectivity index (χ4n) is 2.08. The van der Waals surface area contributed by atoms with Crippen molar-refractivity contribution in [3.05, 3.63) is 0 Å². The van der Waals surface area contributed by atoms with E-state index >= 15 is 0 Å². The number of hydrogen-bond acceptors (Lipinski definition) is 2. The Morgan fingerprint density at radius 2 is 1.95 bits per heavy atom. The zero-order valence-corrected chi connectivity index (χ0v) is 12.3. The maximum atomic E-state index is 12.5. The minimum atomic E-state index is -0.849. The Bertz CT molecular complexity index is 316. The molecule has 1 N–H and O–H groups in total. The molecule has 0 heterocycles. The number of amides is 2. The van der Waals surface area contributed by atoms with E-state index in [-0.39, 0.29) is 6.03 Å². The lowest BCUT2D eigenvalue weighted by Gasteiger charge is -2.31. The fourth-order valence-corrected chi connectivity index (χ4v) is 2.08. The molecule has 0 aromatic rings. The van der Waals surface area contributed by atoms with Crippen molar-refractivity contribution in [3.8, 4) is 0 Å². The van der Waals surface area contributed by atoms with E-state index in [1.165, 1.54) is 0 Å². The predicted molar refractivity (Wildman–Crippen MR) is 74.1 cm³/mol. The Hall–Kier alpha value is -1.26. The van der Waals surface area contributed by atoms with Crippen molar-refractivity contribution in [3.63, 3.8) is 0 Å². The molecule has 0 bridgehead atoms. The zero-order valence-electron chi connectivity index (χ0n) is 12.3. The first-order chi connectivity index (χ1) is 9.01. The van der Waals surface area contributed by atoms with Crippen LogP contribution in [0.5, 0.6) is 0 Å². The molecule has 1 rings (SSSR count). The number of carboxylic acid groups (broad SMARTS) is 1. The molecule has 0 aliphatic heterocycles. The van der Waals surface area contributed by atoms with Gasteiger partial charge in [0.2, 0.25) is 0 Å². The Labute approximate surface area is 115 Å². The topological polar surface area (TPSA) is 60.9 Å². The molecule has 110 valence electrons. The number of nitrogens with zero attached hydrogens (tertiary/aromatic N) is 2. The number of aliphatic carboxylic acids is 1. The van der Waals surface area contributed by atoms with E-state index in [0.717, 1.165) is 32.2 Å². The summed E-state index contributed by atoms with van der Waals surface area (Å²) in [5, 5.41) is 8.96. The van der Waals surface area contributed by atoms with Gasteiger partial charge in [-0.1, -0.05) is 20.3 Å². The SMILES string of the molecule is CCCCN(C(=O)N(CC)CC(C)C(=O)O)C1CC1. The summed E-state index contributed by atoms with van der Waals surface area (Å²) in [6.45, 7) is 7.30. The highest BCUT2D eigenvalue weighted by Gasteiger charge is 2.34. The predicted octanol–water partition coefficient (Wildman–Crippen LogP) is 2.41. The smallest absolute Gasteiger partial charge is 0.320 e. The average Bonchev–Trinajstić information content (AvgIpc) is 3.20. The number of rotatable bonds is 8. The number of urea groups is 1. The molecule has 1 unspecified atom stereocenters. The quantitative estimate of drug-likeness (QED) is 0.736. The number of hydrogen-bond donors (Lipinski definition) is 1. The number of carbonyl (C=O) groups is 2. The van der Waals surface area contributed by atoms with Gasteiger partial charge in [-0.15, -0.1) is 0 Å². The van der Waals surface area contributed by atoms with Crippen LogP contribution in [0.3, 0.4) is 0 Å². The van der Waals surface area contributed by atoms with Crippen molar-refractivity contribution in [2.45, 2.75) is 52.5 Å². The van der Waals surface area contributed by atoms with Crippen molar-refractivity contribution in [2.24, 2.45) is 5.92 Å². The first-order valence-corrected chi connectivity index (χ1v) is 7.29. The summed E-state index contributed by atoms with van der Waals surface area (Å²) in [5.41, 5.74) is 0. The molecule has 0 aromatic carbocycles. The molecular formula is C14H26N2O3. The highest BCUT2D eigenvalue weighted by molar-refractivity contribution is 5.76. The molecule has 5 heteroatoms. The van der Waals surface area contributed by atoms with Gasteiger partial charge >= 0.3 is 12.0 Å². The van der Waals surface area contributed by atoms with Crippen LogP contribution in [-0.4, -0.2) is 52.6 Å². The maximum absolute atomic E-state index is 12.5. The second kappa shape index (κ2) is 7.36. The first kappa shape index (κ1) is 15.8. The Balaban J connectivity index is 2.60. The number of carboxylic acids is 1. The van der Waals surface area contributed by atoms with E-state index < -0.39 is 11.9 Å². The van der Waals surface area contributed by atoms with E-state index in [1.54, 1.807) is 11.8 Å². The van der Waals surface area contributed by atoms with Crippen LogP contribution in [0.4, 0.5) is 4.79 Å². The van der Waals surface area contributed by atoms with Crippen LogP contribution in [-0.2, 0) is 4.79 Å². The monoisotopic (exact) mass is 270 g/mol. The minimum Gasteiger partial charge on any atom is -0.481 e. The van der Waals surface area contributed by atoms with Crippen LogP contribution in [0.25, 0.3) is 0 Å². The van der Waals surface area contributed by atoms with E-state index in [0.29, 0.717) is 19.1 Å². The highest BCUT2D eigenvalue weighted by Crippen LogP contribution is 2.28. The normalized spacial score (nSPS) is 15.9. The van der Waals surface area contributed by atoms with E-state index in [4.69, 9.17) is 5.11 Å². The molecule has 2 amide bonds. The van der Waals surface area contributed by atoms with Gasteiger partial charge in [-0.3, -0.25) is 4.79 Å². The van der Waals surface area contributed by atoms with Crippen molar-refractivity contribution in [1.29, 1.82) is 0 Å². The van der Waals surface area contributed by atoms with Crippen molar-refractivity contribution in [1.82, 2.24) is 9.80 Å². The van der Waals surface area contributed by atoms with Crippen molar-refractivity contribution >= 4 is 12.0 Å². The minimum absolute atomic E-state index is 0.00606. The third-order valence-corrected chi connectivity index (χ3v) is 3.55. The van der Waals surface area contributed by atoms with Gasteiger partial charge in [0.25, 0.3) is 0 Å². The molecule has 0 spiro atoms. The van der Waals surface area contributed by atoms with Crippen LogP contribution >= 0.6 is 0 Å². The molecule has 1 aliphatic rings. The standard InChI is InChI=1S/C14H26N2O3/c1-4-6-9-16(12-7-8-12)14(19)15(5-2)10-11(3)13(17)18/h11-12H,4-10H2,1-3H3,(H,17,18). The van der Waals surface area contributed by atoms with Gasteiger partial charge in [-0.05, 0) is 26.2 Å². The molecule has 1 atom stereocenters. The summed E-state index contributed by atoms with van der Waals surface area (Å²) in [5.74, 6) is -1.37. The van der Waals surface area contributed by atoms with E-state index in [2.05, 4.69) is 6.92 Å². The summed E-state index contributed by atoms with van der Waals surface area (Å²) in [6, 6.07) is 0.389. The average molecular weight is 270 g/mol. The van der Waals surface area contributed by atoms with Gasteiger partial charge in [0.1, 0.15) is 0 Å². The molecule has 5 nitrogen and oxygen atoms in total. The van der Waals surface area contributed by atoms with Crippen LogP contribution in [0, 0.1) is 5.92 Å². The molecule has 1 saturated carbocycles. The zero-order chi connectivity index (χ0) is 14.4. The van der Waals surface area contributed by atoms with Gasteiger partial charge < -0.3 is 14.9 Å². The Morgan fingerprint density at radius 3 is 2.37 bits per heavy atom. The lowest BCUT2D eigenvalue weighted by molar-refractivity contribution is -0.141. The highest BCUT2D eigenvalue weighted by atomic mass is 16.4. The second-order valence-corrected chi connectivity index (χ2v) is 5.34. The number of unbranched alkanes of at least 4 members (excludes halogenated alkanes) is 1. The van der Waals surface area contributed by atoms with Gasteiger partial charge in [0.15, 0.2) is 0 Å². The molecule has 0 radical (unpaired) electrons. The lowest BCUT2D eigenvalue weighted by atomic mass is 10.2. The van der Waals surface area contributed by atoms with E-state index in [1.807, 2.05) is 11.8 Å². The van der Waals surface area contributed by atoms with Crippen LogP contribution < -0.4 is 0 Å². The largest absolute Gasteiger partial charge is 0.481 e. The summed E-state index contributed by atoms with van der Waals surface area (Å²) < 4.78 is 0. The first-order valence-electron chi connectivity index (χ1n) is 7.29. The third-order valence-electron chi connectivity index (χ3n) is 3.55. The van der Waals surface area contributed by atoms with Gasteiger partial charge in [0.05, 0.1) is 5.92 Å². The summed E-state index contributed by atoms with van der Waals surface area (Å²) >= 11 is 0.